The summed E-state index contributed by atoms with van der Waals surface area (Å²) in [6.07, 6.45) is 4.76. The molecule has 1 atom stereocenters. The number of aryl methyl sites for hydroxylation is 1. The zero-order valence-electron chi connectivity index (χ0n) is 18.3. The van der Waals surface area contributed by atoms with Crippen molar-refractivity contribution < 1.29 is 4.79 Å². The standard InChI is InChI=1S/C25H28N2O2S2/c1-5-13-27-23(29)21-18-12-11-17(25(2,3)4)14-20(18)31-22(21)26-24(27)30-15-19(28)16-9-7-6-8-10-16/h5-10,17H,1,11-15H2,2-4H3/t17-/m1/s1. The third-order valence-corrected chi connectivity index (χ3v) is 8.22. The van der Waals surface area contributed by atoms with E-state index in [1.54, 1.807) is 22.0 Å². The first-order chi connectivity index (χ1) is 14.8. The third kappa shape index (κ3) is 4.41. The van der Waals surface area contributed by atoms with Gasteiger partial charge in [-0.2, -0.15) is 0 Å². The molecule has 6 heteroatoms. The van der Waals surface area contributed by atoms with Crippen molar-refractivity contribution in [3.05, 3.63) is 69.3 Å². The van der Waals surface area contributed by atoms with Crippen LogP contribution in [0, 0.1) is 11.3 Å². The van der Waals surface area contributed by atoms with E-state index in [2.05, 4.69) is 27.4 Å². The van der Waals surface area contributed by atoms with Crippen LogP contribution in [0.2, 0.25) is 0 Å². The third-order valence-electron chi connectivity index (χ3n) is 6.10. The maximum absolute atomic E-state index is 13.4. The van der Waals surface area contributed by atoms with Gasteiger partial charge in [0.05, 0.1) is 11.1 Å². The molecule has 1 aromatic carbocycles. The van der Waals surface area contributed by atoms with Crippen molar-refractivity contribution in [1.29, 1.82) is 0 Å². The maximum Gasteiger partial charge on any atom is 0.263 e. The highest BCUT2D eigenvalue weighted by Crippen LogP contribution is 2.42. The van der Waals surface area contributed by atoms with E-state index in [0.717, 1.165) is 29.5 Å². The van der Waals surface area contributed by atoms with Crippen LogP contribution in [0.15, 0.2) is 52.9 Å². The number of benzene rings is 1. The molecule has 2 aromatic heterocycles. The summed E-state index contributed by atoms with van der Waals surface area (Å²) in [5.41, 5.74) is 2.11. The second-order valence-corrected chi connectivity index (χ2v) is 11.2. The molecule has 162 valence electrons. The first kappa shape index (κ1) is 22.0. The molecule has 1 aliphatic carbocycles. The molecule has 1 aliphatic rings. The van der Waals surface area contributed by atoms with E-state index in [4.69, 9.17) is 4.98 Å². The normalized spacial score (nSPS) is 16.3. The van der Waals surface area contributed by atoms with Gasteiger partial charge in [-0.3, -0.25) is 14.2 Å². The van der Waals surface area contributed by atoms with Crippen LogP contribution in [-0.4, -0.2) is 21.1 Å². The number of aromatic nitrogens is 2. The monoisotopic (exact) mass is 452 g/mol. The molecular weight excluding hydrogens is 424 g/mol. The molecule has 0 unspecified atom stereocenters. The number of fused-ring (bicyclic) bond motifs is 3. The van der Waals surface area contributed by atoms with Crippen LogP contribution in [0.25, 0.3) is 10.2 Å². The Labute approximate surface area is 191 Å². The fourth-order valence-electron chi connectivity index (χ4n) is 4.22. The largest absolute Gasteiger partial charge is 0.293 e. The predicted molar refractivity (Wildman–Crippen MR) is 131 cm³/mol. The van der Waals surface area contributed by atoms with Gasteiger partial charge in [0.2, 0.25) is 0 Å². The molecule has 31 heavy (non-hydrogen) atoms. The number of allylic oxidation sites excluding steroid dienone is 1. The van der Waals surface area contributed by atoms with Gasteiger partial charge in [-0.1, -0.05) is 68.9 Å². The molecule has 0 fully saturated rings. The topological polar surface area (TPSA) is 52.0 Å². The molecule has 0 N–H and O–H groups in total. The van der Waals surface area contributed by atoms with Gasteiger partial charge in [-0.05, 0) is 36.2 Å². The number of hydrogen-bond donors (Lipinski definition) is 0. The van der Waals surface area contributed by atoms with E-state index in [0.29, 0.717) is 23.2 Å². The molecule has 4 nitrogen and oxygen atoms in total. The van der Waals surface area contributed by atoms with E-state index < -0.39 is 0 Å². The lowest BCUT2D eigenvalue weighted by atomic mass is 9.72. The highest BCUT2D eigenvalue weighted by Gasteiger charge is 2.32. The van der Waals surface area contributed by atoms with Gasteiger partial charge in [-0.25, -0.2) is 4.98 Å². The number of thiophene rings is 1. The number of hydrogen-bond acceptors (Lipinski definition) is 5. The van der Waals surface area contributed by atoms with Gasteiger partial charge in [0.25, 0.3) is 5.56 Å². The van der Waals surface area contributed by atoms with Crippen molar-refractivity contribution in [2.75, 3.05) is 5.75 Å². The van der Waals surface area contributed by atoms with Gasteiger partial charge >= 0.3 is 0 Å². The van der Waals surface area contributed by atoms with E-state index in [-0.39, 0.29) is 22.5 Å². The van der Waals surface area contributed by atoms with Crippen molar-refractivity contribution >= 4 is 39.1 Å². The number of thioether (sulfide) groups is 1. The Morgan fingerprint density at radius 2 is 2.06 bits per heavy atom. The Bertz CT molecular complexity index is 1190. The Kier molecular flexibility index (Phi) is 6.22. The van der Waals surface area contributed by atoms with Crippen LogP contribution >= 0.6 is 23.1 Å². The number of carbonyl (C=O) groups excluding carboxylic acids is 1. The molecule has 0 saturated heterocycles. The van der Waals surface area contributed by atoms with Gasteiger partial charge in [0, 0.05) is 17.0 Å². The molecule has 0 radical (unpaired) electrons. The average molecular weight is 453 g/mol. The second-order valence-electron chi connectivity index (χ2n) is 9.17. The highest BCUT2D eigenvalue weighted by atomic mass is 32.2. The molecule has 0 aliphatic heterocycles. The fourth-order valence-corrected chi connectivity index (χ4v) is 6.46. The predicted octanol–water partition coefficient (Wildman–Crippen LogP) is 5.77. The van der Waals surface area contributed by atoms with Gasteiger partial charge in [-0.15, -0.1) is 17.9 Å². The molecule has 0 spiro atoms. The number of rotatable bonds is 6. The van der Waals surface area contributed by atoms with Crippen molar-refractivity contribution in [2.45, 2.75) is 51.7 Å². The quantitative estimate of drug-likeness (QED) is 0.206. The summed E-state index contributed by atoms with van der Waals surface area (Å²) in [6.45, 7) is 11.1. The van der Waals surface area contributed by atoms with Crippen molar-refractivity contribution in [1.82, 2.24) is 9.55 Å². The minimum Gasteiger partial charge on any atom is -0.293 e. The van der Waals surface area contributed by atoms with Crippen molar-refractivity contribution in [3.8, 4) is 0 Å². The number of carbonyl (C=O) groups is 1. The number of Topliss-reactive ketones (excluding diaryl/α,β-unsaturated/α-hetero) is 1. The molecule has 4 rings (SSSR count). The summed E-state index contributed by atoms with van der Waals surface area (Å²) in [4.78, 5) is 33.0. The Morgan fingerprint density at radius 1 is 1.32 bits per heavy atom. The van der Waals surface area contributed by atoms with Crippen LogP contribution < -0.4 is 5.56 Å². The summed E-state index contributed by atoms with van der Waals surface area (Å²) in [5, 5.41) is 1.36. The lowest BCUT2D eigenvalue weighted by molar-refractivity contribution is 0.102. The van der Waals surface area contributed by atoms with Crippen LogP contribution in [0.4, 0.5) is 0 Å². The number of ketones is 1. The van der Waals surface area contributed by atoms with Crippen LogP contribution in [0.5, 0.6) is 0 Å². The fraction of sp³-hybridized carbons (Fsp3) is 0.400. The molecule has 3 aromatic rings. The second kappa shape index (κ2) is 8.75. The van der Waals surface area contributed by atoms with Gasteiger partial charge in [0.1, 0.15) is 4.83 Å². The number of nitrogens with zero attached hydrogens (tertiary/aromatic N) is 2. The van der Waals surface area contributed by atoms with Crippen LogP contribution in [-0.2, 0) is 19.4 Å². The molecule has 2 heterocycles. The van der Waals surface area contributed by atoms with Crippen molar-refractivity contribution in [3.63, 3.8) is 0 Å². The molecule has 0 bridgehead atoms. The molecule has 0 amide bonds. The SMILES string of the molecule is C=CCn1c(SCC(=O)c2ccccc2)nc2sc3c(c2c1=O)CC[C@@H](C(C)(C)C)C3. The van der Waals surface area contributed by atoms with E-state index >= 15 is 0 Å². The summed E-state index contributed by atoms with van der Waals surface area (Å²) in [5.74, 6) is 0.889. The van der Waals surface area contributed by atoms with Crippen LogP contribution in [0.1, 0.15) is 48.0 Å². The first-order valence-electron chi connectivity index (χ1n) is 10.7. The Morgan fingerprint density at radius 3 is 2.74 bits per heavy atom. The summed E-state index contributed by atoms with van der Waals surface area (Å²) >= 11 is 2.99. The van der Waals surface area contributed by atoms with E-state index in [1.165, 1.54) is 22.2 Å². The summed E-state index contributed by atoms with van der Waals surface area (Å²) in [7, 11) is 0. The summed E-state index contributed by atoms with van der Waals surface area (Å²) < 4.78 is 1.67. The highest BCUT2D eigenvalue weighted by molar-refractivity contribution is 7.99. The maximum atomic E-state index is 13.4. The lowest BCUT2D eigenvalue weighted by Gasteiger charge is -2.33. The van der Waals surface area contributed by atoms with Gasteiger partial charge in [0.15, 0.2) is 10.9 Å². The van der Waals surface area contributed by atoms with Gasteiger partial charge < -0.3 is 0 Å². The first-order valence-corrected chi connectivity index (χ1v) is 12.5. The minimum atomic E-state index is -0.00808. The smallest absolute Gasteiger partial charge is 0.263 e. The molecule has 0 saturated carbocycles. The Hall–Kier alpha value is -2.18. The molecular formula is C25H28N2O2S2. The minimum absolute atomic E-state index is 0.00808. The van der Waals surface area contributed by atoms with Crippen LogP contribution in [0.3, 0.4) is 0 Å². The average Bonchev–Trinajstić information content (AvgIpc) is 3.12. The van der Waals surface area contributed by atoms with Crippen molar-refractivity contribution in [2.24, 2.45) is 11.3 Å². The summed E-state index contributed by atoms with van der Waals surface area (Å²) in [6, 6.07) is 9.24. The zero-order valence-corrected chi connectivity index (χ0v) is 19.9. The van der Waals surface area contributed by atoms with E-state index in [1.807, 2.05) is 30.3 Å². The zero-order chi connectivity index (χ0) is 22.2. The lowest BCUT2D eigenvalue weighted by Crippen LogP contribution is -2.27. The Balaban J connectivity index is 1.70. The van der Waals surface area contributed by atoms with E-state index in [9.17, 15) is 9.59 Å².